The molecule has 1 fully saturated rings. The summed E-state index contributed by atoms with van der Waals surface area (Å²) in [5, 5.41) is 2.89. The maximum absolute atomic E-state index is 13.1. The number of halogens is 2. The third-order valence-electron chi connectivity index (χ3n) is 3.55. The highest BCUT2D eigenvalue weighted by Gasteiger charge is 2.30. The second kappa shape index (κ2) is 9.05. The fourth-order valence-electron chi connectivity index (χ4n) is 2.44. The smallest absolute Gasteiger partial charge is 0.239 e. The second-order valence-corrected chi connectivity index (χ2v) is 5.15. The number of rotatable bonds is 6. The number of hydrogen-bond acceptors (Lipinski definition) is 4. The third-order valence-corrected chi connectivity index (χ3v) is 3.55. The van der Waals surface area contributed by atoms with Crippen LogP contribution in [0, 0.1) is 5.82 Å². The zero-order chi connectivity index (χ0) is 15.2. The summed E-state index contributed by atoms with van der Waals surface area (Å²) >= 11 is 0. The number of ether oxygens (including phenoxy) is 2. The molecular formula is C15H22ClFN2O3. The summed E-state index contributed by atoms with van der Waals surface area (Å²) in [7, 11) is 1.49. The standard InChI is InChI=1S/C15H21FN2O3.ClH/c1-20-9-12(17)15(19)18-14(13-3-2-8-21-13)10-4-6-11(16)7-5-10;/h4-7,12-14H,2-3,8-9,17H2,1H3,(H,18,19);1H. The Kier molecular flexibility index (Phi) is 7.75. The Labute approximate surface area is 135 Å². The Bertz CT molecular complexity index is 466. The maximum Gasteiger partial charge on any atom is 0.239 e. The number of carbonyl (C=O) groups is 1. The molecule has 1 aromatic rings. The highest BCUT2D eigenvalue weighted by Crippen LogP contribution is 2.27. The van der Waals surface area contributed by atoms with Gasteiger partial charge in [0.05, 0.1) is 18.8 Å². The Morgan fingerprint density at radius 3 is 2.73 bits per heavy atom. The van der Waals surface area contributed by atoms with E-state index in [0.29, 0.717) is 6.61 Å². The number of methoxy groups -OCH3 is 1. The van der Waals surface area contributed by atoms with E-state index < -0.39 is 6.04 Å². The van der Waals surface area contributed by atoms with Crippen LogP contribution in [0.2, 0.25) is 0 Å². The minimum Gasteiger partial charge on any atom is -0.383 e. The minimum atomic E-state index is -0.737. The third kappa shape index (κ3) is 4.91. The van der Waals surface area contributed by atoms with Crippen LogP contribution in [0.1, 0.15) is 24.4 Å². The van der Waals surface area contributed by atoms with Gasteiger partial charge in [0, 0.05) is 13.7 Å². The van der Waals surface area contributed by atoms with Gasteiger partial charge in [0.2, 0.25) is 5.91 Å². The fourth-order valence-corrected chi connectivity index (χ4v) is 2.44. The fraction of sp³-hybridized carbons (Fsp3) is 0.533. The highest BCUT2D eigenvalue weighted by atomic mass is 35.5. The molecule has 1 amide bonds. The zero-order valence-electron chi connectivity index (χ0n) is 12.5. The molecule has 1 heterocycles. The first-order valence-corrected chi connectivity index (χ1v) is 7.03. The Balaban J connectivity index is 0.00000242. The average molecular weight is 333 g/mol. The molecule has 0 radical (unpaired) electrons. The quantitative estimate of drug-likeness (QED) is 0.829. The molecule has 1 aliphatic rings. The van der Waals surface area contributed by atoms with E-state index in [9.17, 15) is 9.18 Å². The molecule has 2 rings (SSSR count). The molecule has 7 heteroatoms. The average Bonchev–Trinajstić information content (AvgIpc) is 3.00. The number of benzene rings is 1. The summed E-state index contributed by atoms with van der Waals surface area (Å²) in [4.78, 5) is 12.1. The lowest BCUT2D eigenvalue weighted by atomic mass is 9.99. The SMILES string of the molecule is COCC(N)C(=O)NC(c1ccc(F)cc1)C1CCCO1.Cl. The molecule has 0 aromatic heterocycles. The monoisotopic (exact) mass is 332 g/mol. The highest BCUT2D eigenvalue weighted by molar-refractivity contribution is 5.85. The Morgan fingerprint density at radius 1 is 1.50 bits per heavy atom. The van der Waals surface area contributed by atoms with Gasteiger partial charge < -0.3 is 20.5 Å². The van der Waals surface area contributed by atoms with Crippen LogP contribution in [0.3, 0.4) is 0 Å². The van der Waals surface area contributed by atoms with Crippen LogP contribution in [0.25, 0.3) is 0 Å². The van der Waals surface area contributed by atoms with E-state index in [4.69, 9.17) is 15.2 Å². The lowest BCUT2D eigenvalue weighted by Crippen LogP contribution is -2.47. The molecule has 3 unspecified atom stereocenters. The molecule has 0 bridgehead atoms. The van der Waals surface area contributed by atoms with Crippen molar-refractivity contribution < 1.29 is 18.7 Å². The first kappa shape index (κ1) is 18.8. The van der Waals surface area contributed by atoms with Crippen molar-refractivity contribution in [1.29, 1.82) is 0 Å². The van der Waals surface area contributed by atoms with E-state index in [1.54, 1.807) is 12.1 Å². The van der Waals surface area contributed by atoms with Crippen molar-refractivity contribution >= 4 is 18.3 Å². The zero-order valence-corrected chi connectivity index (χ0v) is 13.3. The molecule has 1 aromatic carbocycles. The van der Waals surface area contributed by atoms with E-state index in [2.05, 4.69) is 5.32 Å². The molecule has 0 saturated carbocycles. The van der Waals surface area contributed by atoms with Crippen LogP contribution in [-0.4, -0.2) is 38.4 Å². The van der Waals surface area contributed by atoms with E-state index in [1.807, 2.05) is 0 Å². The molecule has 0 aliphatic carbocycles. The summed E-state index contributed by atoms with van der Waals surface area (Å²) in [5.41, 5.74) is 6.55. The van der Waals surface area contributed by atoms with Gasteiger partial charge in [-0.15, -0.1) is 12.4 Å². The van der Waals surface area contributed by atoms with Gasteiger partial charge in [0.15, 0.2) is 0 Å². The molecule has 1 aliphatic heterocycles. The molecule has 5 nitrogen and oxygen atoms in total. The van der Waals surface area contributed by atoms with Crippen LogP contribution < -0.4 is 11.1 Å². The lowest BCUT2D eigenvalue weighted by molar-refractivity contribution is -0.125. The molecular weight excluding hydrogens is 311 g/mol. The molecule has 3 atom stereocenters. The summed E-state index contributed by atoms with van der Waals surface area (Å²) < 4.78 is 23.6. The summed E-state index contributed by atoms with van der Waals surface area (Å²) in [6.45, 7) is 0.815. The van der Waals surface area contributed by atoms with Gasteiger partial charge in [-0.1, -0.05) is 12.1 Å². The van der Waals surface area contributed by atoms with Gasteiger partial charge in [-0.05, 0) is 30.5 Å². The van der Waals surface area contributed by atoms with E-state index >= 15 is 0 Å². The van der Waals surface area contributed by atoms with Crippen LogP contribution in [0.15, 0.2) is 24.3 Å². The van der Waals surface area contributed by atoms with Crippen LogP contribution >= 0.6 is 12.4 Å². The van der Waals surface area contributed by atoms with Crippen LogP contribution in [-0.2, 0) is 14.3 Å². The van der Waals surface area contributed by atoms with Crippen molar-refractivity contribution in [3.8, 4) is 0 Å². The van der Waals surface area contributed by atoms with Gasteiger partial charge in [-0.2, -0.15) is 0 Å². The van der Waals surface area contributed by atoms with Gasteiger partial charge in [0.1, 0.15) is 11.9 Å². The second-order valence-electron chi connectivity index (χ2n) is 5.15. The number of nitrogens with one attached hydrogen (secondary N) is 1. The number of amides is 1. The Morgan fingerprint density at radius 2 is 2.18 bits per heavy atom. The van der Waals surface area contributed by atoms with Crippen LogP contribution in [0.5, 0.6) is 0 Å². The summed E-state index contributed by atoms with van der Waals surface area (Å²) in [6.07, 6.45) is 1.68. The van der Waals surface area contributed by atoms with E-state index in [0.717, 1.165) is 18.4 Å². The van der Waals surface area contributed by atoms with Gasteiger partial charge in [-0.3, -0.25) is 4.79 Å². The van der Waals surface area contributed by atoms with Crippen molar-refractivity contribution in [2.75, 3.05) is 20.3 Å². The van der Waals surface area contributed by atoms with Crippen molar-refractivity contribution in [3.05, 3.63) is 35.6 Å². The Hall–Kier alpha value is -1.21. The largest absolute Gasteiger partial charge is 0.383 e. The lowest BCUT2D eigenvalue weighted by Gasteiger charge is -2.26. The molecule has 22 heavy (non-hydrogen) atoms. The van der Waals surface area contributed by atoms with E-state index in [1.165, 1.54) is 19.2 Å². The molecule has 0 spiro atoms. The van der Waals surface area contributed by atoms with E-state index in [-0.39, 0.29) is 42.9 Å². The van der Waals surface area contributed by atoms with Crippen molar-refractivity contribution in [1.82, 2.24) is 5.32 Å². The topological polar surface area (TPSA) is 73.6 Å². The predicted octanol–water partition coefficient (Wildman–Crippen LogP) is 1.56. The first-order chi connectivity index (χ1) is 10.1. The normalized spacial score (nSPS) is 20.0. The predicted molar refractivity (Wildman–Crippen MR) is 83.4 cm³/mol. The molecule has 3 N–H and O–H groups in total. The van der Waals surface area contributed by atoms with Crippen LogP contribution in [0.4, 0.5) is 4.39 Å². The molecule has 124 valence electrons. The number of nitrogens with two attached hydrogens (primary N) is 1. The van der Waals surface area contributed by atoms with Crippen molar-refractivity contribution in [2.24, 2.45) is 5.73 Å². The van der Waals surface area contributed by atoms with Gasteiger partial charge >= 0.3 is 0 Å². The first-order valence-electron chi connectivity index (χ1n) is 7.03. The summed E-state index contributed by atoms with van der Waals surface area (Å²) in [6, 6.07) is 4.99. The number of hydrogen-bond donors (Lipinski definition) is 2. The molecule has 1 saturated heterocycles. The van der Waals surface area contributed by atoms with Crippen molar-refractivity contribution in [2.45, 2.75) is 31.0 Å². The maximum atomic E-state index is 13.1. The number of carbonyl (C=O) groups excluding carboxylic acids is 1. The minimum absolute atomic E-state index is 0. The summed E-state index contributed by atoms with van der Waals surface area (Å²) in [5.74, 6) is -0.617. The van der Waals surface area contributed by atoms with Gasteiger partial charge in [0.25, 0.3) is 0 Å². The van der Waals surface area contributed by atoms with Crippen molar-refractivity contribution in [3.63, 3.8) is 0 Å². The van der Waals surface area contributed by atoms with Gasteiger partial charge in [-0.25, -0.2) is 4.39 Å².